The smallest absolute Gasteiger partial charge is 0.290 e. The number of piperazine rings is 2. The van der Waals surface area contributed by atoms with Crippen molar-refractivity contribution >= 4 is 97.6 Å². The fourth-order valence-electron chi connectivity index (χ4n) is 9.61. The maximum atomic E-state index is 12.9. The third-order valence-electron chi connectivity index (χ3n) is 13.6. The third-order valence-corrected chi connectivity index (χ3v) is 15.7. The van der Waals surface area contributed by atoms with E-state index in [0.717, 1.165) is 112 Å². The van der Waals surface area contributed by atoms with E-state index in [2.05, 4.69) is 64.3 Å². The van der Waals surface area contributed by atoms with E-state index in [1.165, 1.54) is 22.7 Å². The molecule has 8 heterocycles. The van der Waals surface area contributed by atoms with Crippen molar-refractivity contribution in [2.45, 2.75) is 25.7 Å². The van der Waals surface area contributed by atoms with Crippen molar-refractivity contribution in [1.82, 2.24) is 39.5 Å². The molecule has 394 valence electrons. The van der Waals surface area contributed by atoms with Crippen molar-refractivity contribution in [3.63, 3.8) is 0 Å². The van der Waals surface area contributed by atoms with Crippen LogP contribution in [-0.2, 0) is 14.4 Å². The van der Waals surface area contributed by atoms with Crippen LogP contribution < -0.4 is 20.4 Å². The molecule has 6 aromatic rings. The van der Waals surface area contributed by atoms with Gasteiger partial charge in [-0.2, -0.15) is 0 Å². The molecule has 4 fully saturated rings. The van der Waals surface area contributed by atoms with E-state index in [-0.39, 0.29) is 41.9 Å². The van der Waals surface area contributed by atoms with Crippen molar-refractivity contribution in [2.75, 3.05) is 113 Å². The zero-order valence-corrected chi connectivity index (χ0v) is 45.0. The number of likely N-dealkylation sites (tertiary alicyclic amines) is 2. The van der Waals surface area contributed by atoms with Gasteiger partial charge < -0.3 is 34.5 Å². The minimum atomic E-state index is -0.311. The van der Waals surface area contributed by atoms with E-state index in [1.54, 1.807) is 24.5 Å². The normalized spacial score (nSPS) is 18.2. The molecule has 4 aromatic heterocycles. The van der Waals surface area contributed by atoms with Gasteiger partial charge in [-0.15, -0.1) is 22.7 Å². The number of hydrogen-bond acceptors (Lipinski definition) is 15. The fourth-order valence-corrected chi connectivity index (χ4v) is 11.5. The third kappa shape index (κ3) is 14.4. The van der Waals surface area contributed by atoms with Gasteiger partial charge in [0, 0.05) is 97.4 Å². The fraction of sp³-hybridized carbons (Fsp3) is 0.377. The summed E-state index contributed by atoms with van der Waals surface area (Å²) < 4.78 is 0. The predicted octanol–water partition coefficient (Wildman–Crippen LogP) is 7.90. The molecule has 0 saturated carbocycles. The van der Waals surface area contributed by atoms with E-state index in [9.17, 15) is 19.2 Å². The minimum Gasteiger partial charge on any atom is -0.483 e. The summed E-state index contributed by atoms with van der Waals surface area (Å²) in [6.07, 6.45) is 7.59. The van der Waals surface area contributed by atoms with Crippen LogP contribution in [0.2, 0.25) is 10.0 Å². The van der Waals surface area contributed by atoms with Crippen LogP contribution in [0, 0.1) is 11.8 Å². The number of nitrogens with one attached hydrogen (secondary N) is 2. The van der Waals surface area contributed by atoms with Gasteiger partial charge in [0.1, 0.15) is 11.4 Å². The molecule has 2 aromatic carbocycles. The summed E-state index contributed by atoms with van der Waals surface area (Å²) in [4.78, 5) is 90.3. The first kappa shape index (κ1) is 54.7. The van der Waals surface area contributed by atoms with Gasteiger partial charge in [0.15, 0.2) is 10.3 Å². The second-order valence-corrected chi connectivity index (χ2v) is 21.2. The molecule has 4 amide bonds. The number of pyridine rings is 2. The van der Waals surface area contributed by atoms with E-state index >= 15 is 0 Å². The largest absolute Gasteiger partial charge is 0.483 e. The summed E-state index contributed by atoms with van der Waals surface area (Å²) in [6, 6.07) is 22.2. The van der Waals surface area contributed by atoms with Crippen LogP contribution in [0.15, 0.2) is 96.0 Å². The van der Waals surface area contributed by atoms with E-state index in [4.69, 9.17) is 33.1 Å². The van der Waals surface area contributed by atoms with Crippen LogP contribution in [0.25, 0.3) is 22.5 Å². The van der Waals surface area contributed by atoms with Gasteiger partial charge in [-0.05, 0) is 89.3 Å². The second kappa shape index (κ2) is 26.3. The molecule has 0 radical (unpaired) electrons. The number of carbonyl (C=O) groups is 5. The number of anilines is 4. The molecule has 4 aliphatic rings. The number of benzene rings is 2. The van der Waals surface area contributed by atoms with Crippen molar-refractivity contribution in [3.8, 4) is 22.5 Å². The molecule has 0 aliphatic carbocycles. The number of carboxylic acid groups (broad SMARTS) is 1. The Balaban J connectivity index is 0.000000189. The molecule has 2 atom stereocenters. The van der Waals surface area contributed by atoms with Gasteiger partial charge in [-0.25, -0.2) is 19.9 Å². The first-order valence-corrected chi connectivity index (χ1v) is 27.4. The lowest BCUT2D eigenvalue weighted by Crippen LogP contribution is -2.52. The summed E-state index contributed by atoms with van der Waals surface area (Å²) in [5.41, 5.74) is 5.64. The highest BCUT2D eigenvalue weighted by molar-refractivity contribution is 7.14. The SMILES string of the molecule is CN1CCCC(C(=O)N2CCN(c3ccc(C(=O)Nc4nc(-c5ccccc5Cl)cs4)nc3)CC2)C1.CN1CCCC(C(=O)N2CCN(c3ccc(C(=O)Nc4nc(-c5ccccc5Cl)cs4)nc3)CC2)C1.O=CO. The number of piperidine rings is 2. The van der Waals surface area contributed by atoms with Gasteiger partial charge in [0.25, 0.3) is 18.3 Å². The number of thiazole rings is 2. The van der Waals surface area contributed by atoms with Crippen molar-refractivity contribution < 1.29 is 29.1 Å². The Labute approximate surface area is 454 Å². The number of carbonyl (C=O) groups excluding carboxylic acids is 4. The maximum absolute atomic E-state index is 12.9. The monoisotopic (exact) mass is 1090 g/mol. The highest BCUT2D eigenvalue weighted by atomic mass is 35.5. The first-order valence-electron chi connectivity index (χ1n) is 24.9. The van der Waals surface area contributed by atoms with Crippen molar-refractivity contribution in [3.05, 3.63) is 117 Å². The molecule has 18 nitrogen and oxygen atoms in total. The van der Waals surface area contributed by atoms with E-state index < -0.39 is 0 Å². The standard InChI is InChI=1S/2C26H29ClN6O2S.CH2O2/c2*1-31-10-4-5-18(16-31)25(35)33-13-11-32(12-14-33)19-8-9-22(28-15-19)24(34)30-26-29-23(17-36-26)20-6-2-3-7-21(20)27;2-1-3/h2*2-3,6-9,15,17-18H,4-5,10-14,16H2,1H3,(H,29,30,34);1H,(H,2,3). The quantitative estimate of drug-likeness (QED) is 0.112. The number of hydrogen-bond donors (Lipinski definition) is 3. The average Bonchev–Trinajstić information content (AvgIpc) is 4.11. The molecule has 0 spiro atoms. The molecule has 4 aliphatic heterocycles. The zero-order chi connectivity index (χ0) is 52.8. The van der Waals surface area contributed by atoms with Crippen LogP contribution in [0.4, 0.5) is 21.6 Å². The van der Waals surface area contributed by atoms with Crippen LogP contribution in [0.5, 0.6) is 0 Å². The summed E-state index contributed by atoms with van der Waals surface area (Å²) in [6.45, 7) is 9.46. The van der Waals surface area contributed by atoms with Crippen molar-refractivity contribution in [1.29, 1.82) is 0 Å². The predicted molar refractivity (Wildman–Crippen MR) is 296 cm³/mol. The molecule has 0 bridgehead atoms. The molecule has 22 heteroatoms. The molecule has 4 saturated heterocycles. The van der Waals surface area contributed by atoms with Crippen LogP contribution in [-0.4, -0.2) is 167 Å². The highest BCUT2D eigenvalue weighted by Crippen LogP contribution is 2.32. The lowest BCUT2D eigenvalue weighted by atomic mass is 9.96. The molecule has 2 unspecified atom stereocenters. The Bertz CT molecular complexity index is 2700. The van der Waals surface area contributed by atoms with Gasteiger partial charge >= 0.3 is 0 Å². The van der Waals surface area contributed by atoms with Crippen LogP contribution >= 0.6 is 45.9 Å². The maximum Gasteiger partial charge on any atom is 0.290 e. The molecule has 3 N–H and O–H groups in total. The lowest BCUT2D eigenvalue weighted by Gasteiger charge is -2.39. The first-order chi connectivity index (χ1) is 36.4. The highest BCUT2D eigenvalue weighted by Gasteiger charge is 2.32. The summed E-state index contributed by atoms with van der Waals surface area (Å²) >= 11 is 15.2. The number of nitrogens with zero attached hydrogens (tertiary/aromatic N) is 10. The Morgan fingerprint density at radius 3 is 1.32 bits per heavy atom. The summed E-state index contributed by atoms with van der Waals surface area (Å²) in [5, 5.41) is 18.5. The van der Waals surface area contributed by atoms with Gasteiger partial charge in [-0.3, -0.25) is 34.6 Å². The molecule has 10 rings (SSSR count). The number of rotatable bonds is 10. The van der Waals surface area contributed by atoms with Crippen molar-refractivity contribution in [2.24, 2.45) is 11.8 Å². The Kier molecular flexibility index (Phi) is 19.2. The van der Waals surface area contributed by atoms with E-state index in [0.29, 0.717) is 57.9 Å². The second-order valence-electron chi connectivity index (χ2n) is 18.7. The Morgan fingerprint density at radius 1 is 0.587 bits per heavy atom. The van der Waals surface area contributed by atoms with Crippen LogP contribution in [0.1, 0.15) is 46.7 Å². The number of halogens is 2. The average molecular weight is 1100 g/mol. The summed E-state index contributed by atoms with van der Waals surface area (Å²) in [7, 11) is 4.17. The lowest BCUT2D eigenvalue weighted by molar-refractivity contribution is -0.138. The van der Waals surface area contributed by atoms with Gasteiger partial charge in [-0.1, -0.05) is 59.6 Å². The topological polar surface area (TPSA) is 201 Å². The Hall–Kier alpha value is -6.55. The molecular formula is C53H60Cl2N12O6S2. The summed E-state index contributed by atoms with van der Waals surface area (Å²) in [5.74, 6) is 0.183. The van der Waals surface area contributed by atoms with Gasteiger partial charge in [0.2, 0.25) is 11.8 Å². The minimum absolute atomic E-state index is 0.119. The molecule has 75 heavy (non-hydrogen) atoms. The zero-order valence-electron chi connectivity index (χ0n) is 41.8. The van der Waals surface area contributed by atoms with E-state index in [1.807, 2.05) is 81.2 Å². The molecular weight excluding hydrogens is 1040 g/mol. The number of aromatic nitrogens is 4. The van der Waals surface area contributed by atoms with Crippen LogP contribution in [0.3, 0.4) is 0 Å². The van der Waals surface area contributed by atoms with Gasteiger partial charge in [0.05, 0.1) is 47.0 Å². The Morgan fingerprint density at radius 2 is 0.973 bits per heavy atom. The number of amides is 4.